The third-order valence-electron chi connectivity index (χ3n) is 7.51. The third-order valence-corrected chi connectivity index (χ3v) is 7.51. The molecule has 0 spiro atoms. The van der Waals surface area contributed by atoms with Crippen molar-refractivity contribution in [2.75, 3.05) is 13.1 Å². The normalized spacial score (nSPS) is 14.3. The molecule has 2 atom stereocenters. The fourth-order valence-electron chi connectivity index (χ4n) is 5.70. The molecular formula is C36H29F2N5. The number of hydrogen-bond acceptors (Lipinski definition) is 5. The number of halogens is 2. The number of rotatable bonds is 6. The molecule has 1 heterocycles. The lowest BCUT2D eigenvalue weighted by Gasteiger charge is -2.50. The van der Waals surface area contributed by atoms with Crippen molar-refractivity contribution in [3.05, 3.63) is 142 Å². The summed E-state index contributed by atoms with van der Waals surface area (Å²) >= 11 is 0. The largest absolute Gasteiger partial charge is 0.292 e. The van der Waals surface area contributed by atoms with Gasteiger partial charge in [-0.3, -0.25) is 4.90 Å². The molecule has 4 aromatic rings. The number of likely N-dealkylation sites (tertiary alicyclic amines) is 1. The van der Waals surface area contributed by atoms with Gasteiger partial charge in [-0.1, -0.05) is 42.5 Å². The standard InChI is InChI=1S/C29H24F2N4.C7H5N/c1-29(2,31)27(24-11-21(16-34)12-26(30)13-24)25-17-35(18-25)28(22-8-6-19(14-32)7-9-22)23-5-3-4-20(10-23)15-33;8-6-7-4-2-1-3-5-7/h3-13,25,27-28H,17-18H2,1-2H3;1-5H/t27-,28+;/m1./s1. The molecule has 4 aromatic carbocycles. The average Bonchev–Trinajstić information content (AvgIpc) is 3.00. The Hall–Kier alpha value is -5.34. The van der Waals surface area contributed by atoms with Gasteiger partial charge in [-0.05, 0) is 91.1 Å². The monoisotopic (exact) mass is 569 g/mol. The van der Waals surface area contributed by atoms with E-state index in [0.717, 1.165) is 17.2 Å². The highest BCUT2D eigenvalue weighted by Crippen LogP contribution is 2.45. The molecule has 0 aromatic heterocycles. The summed E-state index contributed by atoms with van der Waals surface area (Å²) in [5, 5.41) is 36.1. The van der Waals surface area contributed by atoms with E-state index in [1.54, 1.807) is 36.4 Å². The van der Waals surface area contributed by atoms with Crippen molar-refractivity contribution in [1.82, 2.24) is 4.90 Å². The second-order valence-electron chi connectivity index (χ2n) is 11.0. The van der Waals surface area contributed by atoms with Crippen molar-refractivity contribution in [2.45, 2.75) is 31.5 Å². The van der Waals surface area contributed by atoms with Crippen LogP contribution in [0.4, 0.5) is 8.78 Å². The third kappa shape index (κ3) is 7.49. The van der Waals surface area contributed by atoms with Gasteiger partial charge < -0.3 is 0 Å². The molecule has 0 bridgehead atoms. The zero-order chi connectivity index (χ0) is 31.0. The van der Waals surface area contributed by atoms with Gasteiger partial charge in [0.15, 0.2) is 0 Å². The molecular weight excluding hydrogens is 540 g/mol. The number of nitriles is 4. The van der Waals surface area contributed by atoms with E-state index in [1.165, 1.54) is 19.9 Å². The van der Waals surface area contributed by atoms with Crippen LogP contribution >= 0.6 is 0 Å². The maximum atomic E-state index is 15.4. The lowest BCUT2D eigenvalue weighted by molar-refractivity contribution is 0.00812. The van der Waals surface area contributed by atoms with E-state index in [9.17, 15) is 20.2 Å². The van der Waals surface area contributed by atoms with E-state index in [-0.39, 0.29) is 17.5 Å². The van der Waals surface area contributed by atoms with Crippen LogP contribution in [0, 0.1) is 57.1 Å². The van der Waals surface area contributed by atoms with Crippen LogP contribution < -0.4 is 0 Å². The van der Waals surface area contributed by atoms with Gasteiger partial charge in [0.1, 0.15) is 11.5 Å². The Morgan fingerprint density at radius 1 is 0.651 bits per heavy atom. The molecule has 212 valence electrons. The summed E-state index contributed by atoms with van der Waals surface area (Å²) in [6.07, 6.45) is 0. The van der Waals surface area contributed by atoms with E-state index in [4.69, 9.17) is 5.26 Å². The molecule has 1 saturated heterocycles. The quantitative estimate of drug-likeness (QED) is 0.239. The zero-order valence-electron chi connectivity index (χ0n) is 23.9. The SMILES string of the molecule is CC(C)(F)[C@H](c1cc(F)cc(C#N)c1)C1CN([C@@H](c2ccc(C#N)cc2)c2cccc(C#N)c2)C1.N#Cc1ccccc1. The van der Waals surface area contributed by atoms with Crippen LogP contribution in [-0.2, 0) is 0 Å². The Balaban J connectivity index is 0.000000458. The highest BCUT2D eigenvalue weighted by atomic mass is 19.1. The molecule has 0 saturated carbocycles. The van der Waals surface area contributed by atoms with E-state index >= 15 is 4.39 Å². The minimum absolute atomic E-state index is 0.0941. The molecule has 0 aliphatic carbocycles. The predicted octanol–water partition coefficient (Wildman–Crippen LogP) is 7.55. The summed E-state index contributed by atoms with van der Waals surface area (Å²) in [6.45, 7) is 4.09. The fourth-order valence-corrected chi connectivity index (χ4v) is 5.70. The molecule has 0 N–H and O–H groups in total. The summed E-state index contributed by atoms with van der Waals surface area (Å²) in [4.78, 5) is 2.20. The van der Waals surface area contributed by atoms with Crippen LogP contribution in [-0.4, -0.2) is 23.7 Å². The van der Waals surface area contributed by atoms with Gasteiger partial charge in [-0.25, -0.2) is 8.78 Å². The van der Waals surface area contributed by atoms with E-state index in [2.05, 4.69) is 17.0 Å². The summed E-state index contributed by atoms with van der Waals surface area (Å²) in [7, 11) is 0. The summed E-state index contributed by atoms with van der Waals surface area (Å²) in [5.74, 6) is -1.23. The molecule has 5 nitrogen and oxygen atoms in total. The summed E-state index contributed by atoms with van der Waals surface area (Å²) < 4.78 is 29.6. The smallest absolute Gasteiger partial charge is 0.124 e. The fraction of sp³-hybridized carbons (Fsp3) is 0.222. The van der Waals surface area contributed by atoms with Crippen LogP contribution in [0.2, 0.25) is 0 Å². The summed E-state index contributed by atoms with van der Waals surface area (Å²) in [6, 6.07) is 36.0. The van der Waals surface area contributed by atoms with Gasteiger partial charge in [-0.15, -0.1) is 0 Å². The van der Waals surface area contributed by atoms with E-state index in [0.29, 0.717) is 35.3 Å². The van der Waals surface area contributed by atoms with Gasteiger partial charge in [0.2, 0.25) is 0 Å². The minimum Gasteiger partial charge on any atom is -0.292 e. The topological polar surface area (TPSA) is 98.4 Å². The molecule has 0 radical (unpaired) electrons. The minimum atomic E-state index is -1.62. The van der Waals surface area contributed by atoms with Crippen molar-refractivity contribution in [3.63, 3.8) is 0 Å². The predicted molar refractivity (Wildman–Crippen MR) is 159 cm³/mol. The van der Waals surface area contributed by atoms with Crippen molar-refractivity contribution in [1.29, 1.82) is 21.0 Å². The van der Waals surface area contributed by atoms with Crippen LogP contribution in [0.25, 0.3) is 0 Å². The second-order valence-corrected chi connectivity index (χ2v) is 11.0. The van der Waals surface area contributed by atoms with Gasteiger partial charge in [0, 0.05) is 19.0 Å². The average molecular weight is 570 g/mol. The molecule has 43 heavy (non-hydrogen) atoms. The molecule has 1 aliphatic rings. The molecule has 1 fully saturated rings. The van der Waals surface area contributed by atoms with Crippen LogP contribution in [0.3, 0.4) is 0 Å². The number of hydrogen-bond donors (Lipinski definition) is 0. The first-order valence-corrected chi connectivity index (χ1v) is 13.8. The van der Waals surface area contributed by atoms with Crippen LogP contribution in [0.5, 0.6) is 0 Å². The van der Waals surface area contributed by atoms with Crippen LogP contribution in [0.1, 0.15) is 64.8 Å². The Labute approximate surface area is 251 Å². The maximum Gasteiger partial charge on any atom is 0.124 e. The first-order valence-electron chi connectivity index (χ1n) is 13.8. The Morgan fingerprint density at radius 3 is 1.77 bits per heavy atom. The lowest BCUT2D eigenvalue weighted by Crippen LogP contribution is -2.53. The first-order chi connectivity index (χ1) is 20.7. The number of nitrogens with zero attached hydrogens (tertiary/aromatic N) is 5. The van der Waals surface area contributed by atoms with Gasteiger partial charge in [-0.2, -0.15) is 21.0 Å². The van der Waals surface area contributed by atoms with Gasteiger partial charge in [0.05, 0.1) is 52.6 Å². The summed E-state index contributed by atoms with van der Waals surface area (Å²) in [5.41, 5.74) is 2.75. The zero-order valence-corrected chi connectivity index (χ0v) is 23.9. The van der Waals surface area contributed by atoms with Crippen LogP contribution in [0.15, 0.2) is 97.1 Å². The van der Waals surface area contributed by atoms with Gasteiger partial charge >= 0.3 is 0 Å². The van der Waals surface area contributed by atoms with E-state index in [1.807, 2.05) is 60.7 Å². The molecule has 1 aliphatic heterocycles. The van der Waals surface area contributed by atoms with Gasteiger partial charge in [0.25, 0.3) is 0 Å². The molecule has 0 amide bonds. The second kappa shape index (κ2) is 13.5. The highest BCUT2D eigenvalue weighted by Gasteiger charge is 2.45. The highest BCUT2D eigenvalue weighted by molar-refractivity contribution is 5.42. The lowest BCUT2D eigenvalue weighted by atomic mass is 9.72. The van der Waals surface area contributed by atoms with Crippen molar-refractivity contribution >= 4 is 0 Å². The van der Waals surface area contributed by atoms with Crippen molar-refractivity contribution in [3.8, 4) is 24.3 Å². The van der Waals surface area contributed by atoms with Crippen molar-refractivity contribution in [2.24, 2.45) is 5.92 Å². The molecule has 0 unspecified atom stereocenters. The Kier molecular flexibility index (Phi) is 9.65. The Morgan fingerprint density at radius 2 is 1.21 bits per heavy atom. The number of alkyl halides is 1. The van der Waals surface area contributed by atoms with Crippen molar-refractivity contribution < 1.29 is 8.78 Å². The maximum absolute atomic E-state index is 15.4. The molecule has 7 heteroatoms. The molecule has 5 rings (SSSR count). The van der Waals surface area contributed by atoms with E-state index < -0.39 is 17.4 Å². The Bertz CT molecular complexity index is 1730. The first kappa shape index (κ1) is 30.6. The number of benzene rings is 4.